The molecule has 1 N–H and O–H groups in total. The van der Waals surface area contributed by atoms with E-state index in [9.17, 15) is 4.79 Å². The van der Waals surface area contributed by atoms with Crippen molar-refractivity contribution in [3.63, 3.8) is 0 Å². The highest BCUT2D eigenvalue weighted by Gasteiger charge is 2.50. The van der Waals surface area contributed by atoms with Crippen LogP contribution < -0.4 is 4.74 Å². The number of fused-ring (bicyclic) bond motifs is 3. The number of carbonyl (C=O) groups is 1. The lowest BCUT2D eigenvalue weighted by Gasteiger charge is -2.52. The molecule has 3 heterocycles. The van der Waals surface area contributed by atoms with E-state index in [2.05, 4.69) is 15.1 Å². The van der Waals surface area contributed by atoms with E-state index in [1.165, 1.54) is 16.7 Å². The van der Waals surface area contributed by atoms with Gasteiger partial charge in [-0.15, -0.1) is 0 Å². The van der Waals surface area contributed by atoms with Crippen LogP contribution >= 0.6 is 34.5 Å². The van der Waals surface area contributed by atoms with E-state index in [0.29, 0.717) is 45.6 Å². The van der Waals surface area contributed by atoms with E-state index < -0.39 is 5.97 Å². The van der Waals surface area contributed by atoms with Crippen LogP contribution in [0.1, 0.15) is 79.1 Å². The predicted molar refractivity (Wildman–Crippen MR) is 134 cm³/mol. The fourth-order valence-corrected chi connectivity index (χ4v) is 6.67. The fourth-order valence-electron chi connectivity index (χ4n) is 5.49. The second-order valence-electron chi connectivity index (χ2n) is 10.2. The van der Waals surface area contributed by atoms with E-state index >= 15 is 0 Å². The number of halogens is 2. The highest BCUT2D eigenvalue weighted by Crippen LogP contribution is 2.55. The highest BCUT2D eigenvalue weighted by atomic mass is 35.5. The van der Waals surface area contributed by atoms with Crippen LogP contribution in [0.2, 0.25) is 10.0 Å². The molecule has 0 radical (unpaired) electrons. The molecule has 36 heavy (non-hydrogen) atoms. The van der Waals surface area contributed by atoms with Gasteiger partial charge in [-0.1, -0.05) is 39.7 Å². The molecule has 0 aliphatic heterocycles. The summed E-state index contributed by atoms with van der Waals surface area (Å²) < 4.78 is 18.4. The largest absolute Gasteiger partial charge is 0.476 e. The highest BCUT2D eigenvalue weighted by molar-refractivity contribution is 7.11. The number of hydrogen-bond acceptors (Lipinski definition) is 8. The maximum atomic E-state index is 11.1. The fraction of sp³-hybridized carbons (Fsp3) is 0.520. The second kappa shape index (κ2) is 9.28. The molecule has 4 fully saturated rings. The Morgan fingerprint density at radius 3 is 2.44 bits per heavy atom. The molecule has 190 valence electrons. The van der Waals surface area contributed by atoms with Gasteiger partial charge in [-0.2, -0.15) is 4.98 Å². The van der Waals surface area contributed by atoms with Crippen molar-refractivity contribution in [1.29, 1.82) is 0 Å². The standard InChI is InChI=1S/C25H25Cl2N3O5S/c26-16-9-28-10-17(27)19(16)20-15(21(35-30-20)14-1-2-14)11-34-25-6-3-24(4-7-25,5-8-25)13-33-23-29-18(12-36-23)22(31)32/h9-10,12,14H,1-8,11,13H2,(H,31,32). The predicted octanol–water partition coefficient (Wildman–Crippen LogP) is 6.76. The van der Waals surface area contributed by atoms with Gasteiger partial charge in [0.1, 0.15) is 11.5 Å². The molecule has 4 aliphatic rings. The van der Waals surface area contributed by atoms with Gasteiger partial charge in [0.25, 0.3) is 5.19 Å². The number of rotatable bonds is 9. The Morgan fingerprint density at radius 2 is 1.83 bits per heavy atom. The van der Waals surface area contributed by atoms with Gasteiger partial charge in [-0.05, 0) is 51.4 Å². The third-order valence-electron chi connectivity index (χ3n) is 7.92. The van der Waals surface area contributed by atoms with Gasteiger partial charge >= 0.3 is 5.97 Å². The summed E-state index contributed by atoms with van der Waals surface area (Å²) in [4.78, 5) is 19.2. The van der Waals surface area contributed by atoms with Crippen LogP contribution in [0.5, 0.6) is 5.19 Å². The van der Waals surface area contributed by atoms with Crippen molar-refractivity contribution >= 4 is 40.5 Å². The van der Waals surface area contributed by atoms with Crippen LogP contribution in [-0.2, 0) is 11.3 Å². The van der Waals surface area contributed by atoms with E-state index in [1.807, 2.05) is 0 Å². The molecule has 0 saturated heterocycles. The van der Waals surface area contributed by atoms with Gasteiger partial charge in [0.2, 0.25) is 0 Å². The lowest BCUT2D eigenvalue weighted by Crippen LogP contribution is -2.49. The van der Waals surface area contributed by atoms with Crippen LogP contribution in [0.15, 0.2) is 22.3 Å². The number of pyridine rings is 1. The molecule has 4 saturated carbocycles. The molecule has 3 aromatic heterocycles. The summed E-state index contributed by atoms with van der Waals surface area (Å²) in [5.74, 6) is 0.214. The first kappa shape index (κ1) is 24.2. The molecule has 8 nitrogen and oxygen atoms in total. The first-order valence-electron chi connectivity index (χ1n) is 12.1. The Bertz CT molecular complexity index is 1260. The zero-order valence-corrected chi connectivity index (χ0v) is 21.8. The average Bonchev–Trinajstić information content (AvgIpc) is 3.45. The molecule has 0 spiro atoms. The van der Waals surface area contributed by atoms with E-state index in [1.54, 1.807) is 12.4 Å². The summed E-state index contributed by atoms with van der Waals surface area (Å²) in [6.07, 6.45) is 11.1. The van der Waals surface area contributed by atoms with Gasteiger partial charge in [-0.3, -0.25) is 4.98 Å². The Kier molecular flexibility index (Phi) is 6.22. The molecule has 0 aromatic carbocycles. The van der Waals surface area contributed by atoms with Crippen molar-refractivity contribution in [2.75, 3.05) is 6.61 Å². The lowest BCUT2D eigenvalue weighted by atomic mass is 9.59. The van der Waals surface area contributed by atoms with E-state index in [4.69, 9.17) is 42.3 Å². The van der Waals surface area contributed by atoms with E-state index in [-0.39, 0.29) is 16.7 Å². The van der Waals surface area contributed by atoms with Crippen LogP contribution in [0.25, 0.3) is 11.3 Å². The molecule has 0 unspecified atom stereocenters. The molecular formula is C25H25Cl2N3O5S. The summed E-state index contributed by atoms with van der Waals surface area (Å²) in [6, 6.07) is 0. The molecule has 0 amide bonds. The van der Waals surface area contributed by atoms with E-state index in [0.717, 1.165) is 62.7 Å². The smallest absolute Gasteiger partial charge is 0.355 e. The third-order valence-corrected chi connectivity index (χ3v) is 9.24. The maximum Gasteiger partial charge on any atom is 0.355 e. The molecule has 0 atom stereocenters. The number of nitrogens with zero attached hydrogens (tertiary/aromatic N) is 3. The topological polar surface area (TPSA) is 108 Å². The summed E-state index contributed by atoms with van der Waals surface area (Å²) in [5.41, 5.74) is 2.15. The Morgan fingerprint density at radius 1 is 1.14 bits per heavy atom. The van der Waals surface area contributed by atoms with Gasteiger partial charge in [-0.25, -0.2) is 4.79 Å². The van der Waals surface area contributed by atoms with Crippen molar-refractivity contribution in [1.82, 2.24) is 15.1 Å². The Labute approximate surface area is 221 Å². The van der Waals surface area contributed by atoms with Crippen molar-refractivity contribution in [2.45, 2.75) is 69.5 Å². The zero-order valence-electron chi connectivity index (χ0n) is 19.5. The summed E-state index contributed by atoms with van der Waals surface area (Å²) in [7, 11) is 0. The summed E-state index contributed by atoms with van der Waals surface area (Å²) in [5, 5.41) is 16.2. The number of hydrogen-bond donors (Lipinski definition) is 1. The van der Waals surface area contributed by atoms with Crippen LogP contribution in [-0.4, -0.2) is 38.4 Å². The molecule has 11 heteroatoms. The first-order chi connectivity index (χ1) is 17.4. The molecule has 3 aromatic rings. The van der Waals surface area contributed by atoms with Crippen molar-refractivity contribution in [3.8, 4) is 16.5 Å². The normalized spacial score (nSPS) is 25.3. The number of aromatic carboxylic acids is 1. The summed E-state index contributed by atoms with van der Waals surface area (Å²) in [6.45, 7) is 0.955. The number of carboxylic acids is 1. The van der Waals surface area contributed by atoms with Crippen molar-refractivity contribution in [2.24, 2.45) is 5.41 Å². The monoisotopic (exact) mass is 549 g/mol. The van der Waals surface area contributed by atoms with Crippen molar-refractivity contribution in [3.05, 3.63) is 44.8 Å². The Hall–Kier alpha value is -2.20. The number of carboxylic acid groups (broad SMARTS) is 1. The molecule has 4 aliphatic carbocycles. The minimum Gasteiger partial charge on any atom is -0.476 e. The van der Waals surface area contributed by atoms with Crippen LogP contribution in [0.3, 0.4) is 0 Å². The molecular weight excluding hydrogens is 525 g/mol. The minimum absolute atomic E-state index is 0.0280. The number of ether oxygens (including phenoxy) is 2. The third kappa shape index (κ3) is 4.51. The SMILES string of the molecule is O=C(O)c1csc(OCC23CCC(OCc4c(-c5c(Cl)cncc5Cl)noc4C4CC4)(CC2)CC3)n1. The van der Waals surface area contributed by atoms with Gasteiger partial charge in [0, 0.05) is 40.2 Å². The second-order valence-corrected chi connectivity index (χ2v) is 11.8. The van der Waals surface area contributed by atoms with Crippen LogP contribution in [0.4, 0.5) is 0 Å². The lowest BCUT2D eigenvalue weighted by molar-refractivity contribution is -0.150. The zero-order chi connectivity index (χ0) is 24.9. The quantitative estimate of drug-likeness (QED) is 0.311. The van der Waals surface area contributed by atoms with Gasteiger partial charge in [0.05, 0.1) is 28.9 Å². The maximum absolute atomic E-state index is 11.1. The van der Waals surface area contributed by atoms with Crippen LogP contribution in [0, 0.1) is 5.41 Å². The molecule has 2 bridgehead atoms. The number of aromatic nitrogens is 3. The van der Waals surface area contributed by atoms with Crippen molar-refractivity contribution < 1.29 is 23.9 Å². The Balaban J connectivity index is 1.14. The first-order valence-corrected chi connectivity index (χ1v) is 13.7. The summed E-state index contributed by atoms with van der Waals surface area (Å²) >= 11 is 14.1. The van der Waals surface area contributed by atoms with Gasteiger partial charge < -0.3 is 19.1 Å². The average molecular weight is 550 g/mol. The van der Waals surface area contributed by atoms with Gasteiger partial charge in [0.15, 0.2) is 5.69 Å². The molecule has 7 rings (SSSR count). The minimum atomic E-state index is -1.04. The number of thiazole rings is 1.